The van der Waals surface area contributed by atoms with Crippen LogP contribution in [0, 0.1) is 0 Å². The van der Waals surface area contributed by atoms with Crippen LogP contribution in [0.2, 0.25) is 5.02 Å². The summed E-state index contributed by atoms with van der Waals surface area (Å²) in [6.45, 7) is 0. The minimum Gasteiger partial charge on any atom is -0.545 e. The Morgan fingerprint density at radius 2 is 2.00 bits per heavy atom. The first-order chi connectivity index (χ1) is 9.51. The Labute approximate surface area is 120 Å². The standard InChI is InChI=1S/C14H13ClN2O3/c1-20-13-5-3-9(15)7-12(13)17-11-4-2-8(14(18)19)6-10(11)16/h2-7,17H,16H2,1H3,(H,18,19)/p-1. The molecule has 0 amide bonds. The SMILES string of the molecule is COc1ccc(Cl)cc1Nc1ccc(C(=O)[O-])cc1N. The summed E-state index contributed by atoms with van der Waals surface area (Å²) >= 11 is 5.93. The van der Waals surface area contributed by atoms with Gasteiger partial charge in [-0.2, -0.15) is 0 Å². The van der Waals surface area contributed by atoms with E-state index in [4.69, 9.17) is 22.1 Å². The average Bonchev–Trinajstić information content (AvgIpc) is 2.41. The fraction of sp³-hybridized carbons (Fsp3) is 0.0714. The summed E-state index contributed by atoms with van der Waals surface area (Å²) < 4.78 is 5.21. The van der Waals surface area contributed by atoms with Crippen LogP contribution in [-0.2, 0) is 0 Å². The Hall–Kier alpha value is -2.40. The third-order valence-corrected chi connectivity index (χ3v) is 2.95. The Kier molecular flexibility index (Phi) is 4.00. The van der Waals surface area contributed by atoms with Gasteiger partial charge in [0.05, 0.1) is 30.1 Å². The van der Waals surface area contributed by atoms with Gasteiger partial charge in [0.25, 0.3) is 0 Å². The van der Waals surface area contributed by atoms with Crippen molar-refractivity contribution in [3.8, 4) is 5.75 Å². The van der Waals surface area contributed by atoms with Crippen LogP contribution in [0.25, 0.3) is 0 Å². The zero-order chi connectivity index (χ0) is 14.7. The molecular weight excluding hydrogens is 280 g/mol. The van der Waals surface area contributed by atoms with Crippen LogP contribution < -0.4 is 20.9 Å². The second-order valence-electron chi connectivity index (χ2n) is 4.06. The number of nitrogen functional groups attached to an aromatic ring is 1. The molecule has 6 heteroatoms. The molecule has 0 aliphatic rings. The van der Waals surface area contributed by atoms with Crippen LogP contribution in [0.3, 0.4) is 0 Å². The molecular formula is C14H12ClN2O3-. The summed E-state index contributed by atoms with van der Waals surface area (Å²) in [5, 5.41) is 14.3. The second-order valence-corrected chi connectivity index (χ2v) is 4.50. The van der Waals surface area contributed by atoms with Crippen molar-refractivity contribution in [2.75, 3.05) is 18.2 Å². The highest BCUT2D eigenvalue weighted by Crippen LogP contribution is 2.32. The largest absolute Gasteiger partial charge is 0.545 e. The first-order valence-corrected chi connectivity index (χ1v) is 6.10. The van der Waals surface area contributed by atoms with Crippen molar-refractivity contribution in [3.05, 3.63) is 47.0 Å². The van der Waals surface area contributed by atoms with Gasteiger partial charge in [0.2, 0.25) is 0 Å². The van der Waals surface area contributed by atoms with Gasteiger partial charge in [-0.3, -0.25) is 0 Å². The number of benzene rings is 2. The maximum Gasteiger partial charge on any atom is 0.142 e. The molecule has 0 aliphatic carbocycles. The number of hydrogen-bond donors (Lipinski definition) is 2. The molecule has 0 saturated carbocycles. The summed E-state index contributed by atoms with van der Waals surface area (Å²) in [4.78, 5) is 10.7. The van der Waals surface area contributed by atoms with E-state index in [-0.39, 0.29) is 11.3 Å². The van der Waals surface area contributed by atoms with Crippen LogP contribution in [-0.4, -0.2) is 13.1 Å². The molecule has 0 spiro atoms. The van der Waals surface area contributed by atoms with Crippen LogP contribution in [0.5, 0.6) is 5.75 Å². The highest BCUT2D eigenvalue weighted by molar-refractivity contribution is 6.31. The van der Waals surface area contributed by atoms with Crippen LogP contribution >= 0.6 is 11.6 Å². The number of nitrogens with two attached hydrogens (primary N) is 1. The highest BCUT2D eigenvalue weighted by Gasteiger charge is 2.07. The van der Waals surface area contributed by atoms with Gasteiger partial charge in [0, 0.05) is 5.02 Å². The minimum absolute atomic E-state index is 0.0195. The summed E-state index contributed by atoms with van der Waals surface area (Å²) in [5.74, 6) is -0.679. The molecule has 2 aromatic rings. The number of nitrogens with one attached hydrogen (secondary N) is 1. The van der Waals surface area contributed by atoms with Crippen molar-refractivity contribution < 1.29 is 14.6 Å². The molecule has 20 heavy (non-hydrogen) atoms. The lowest BCUT2D eigenvalue weighted by Crippen LogP contribution is -2.22. The molecule has 0 bridgehead atoms. The molecule has 0 heterocycles. The maximum absolute atomic E-state index is 10.7. The molecule has 0 aliphatic heterocycles. The average molecular weight is 292 g/mol. The zero-order valence-electron chi connectivity index (χ0n) is 10.6. The molecule has 3 N–H and O–H groups in total. The van der Waals surface area contributed by atoms with Crippen LogP contribution in [0.1, 0.15) is 10.4 Å². The quantitative estimate of drug-likeness (QED) is 0.842. The monoisotopic (exact) mass is 291 g/mol. The first-order valence-electron chi connectivity index (χ1n) is 5.72. The number of carboxylic acids is 1. The predicted molar refractivity (Wildman–Crippen MR) is 76.5 cm³/mol. The van der Waals surface area contributed by atoms with Crippen LogP contribution in [0.15, 0.2) is 36.4 Å². The van der Waals surface area contributed by atoms with Crippen molar-refractivity contribution in [2.24, 2.45) is 0 Å². The number of methoxy groups -OCH3 is 1. The topological polar surface area (TPSA) is 87.4 Å². The summed E-state index contributed by atoms with van der Waals surface area (Å²) in [7, 11) is 1.54. The van der Waals surface area contributed by atoms with E-state index in [2.05, 4.69) is 5.32 Å². The van der Waals surface area contributed by atoms with Gasteiger partial charge in [-0.1, -0.05) is 17.7 Å². The van der Waals surface area contributed by atoms with Gasteiger partial charge in [-0.15, -0.1) is 0 Å². The number of aromatic carboxylic acids is 1. The molecule has 0 fully saturated rings. The van der Waals surface area contributed by atoms with Crippen LogP contribution in [0.4, 0.5) is 17.1 Å². The minimum atomic E-state index is -1.27. The number of ether oxygens (including phenoxy) is 1. The normalized spacial score (nSPS) is 10.1. The van der Waals surface area contributed by atoms with Crippen molar-refractivity contribution >= 4 is 34.6 Å². The molecule has 0 unspecified atom stereocenters. The van der Waals surface area contributed by atoms with E-state index in [0.717, 1.165) is 0 Å². The number of halogens is 1. The number of hydrogen-bond acceptors (Lipinski definition) is 5. The fourth-order valence-electron chi connectivity index (χ4n) is 1.73. The number of carboxylic acid groups (broad SMARTS) is 1. The molecule has 0 saturated heterocycles. The number of anilines is 3. The van der Waals surface area contributed by atoms with Crippen molar-refractivity contribution in [3.63, 3.8) is 0 Å². The third-order valence-electron chi connectivity index (χ3n) is 2.72. The molecule has 0 aromatic heterocycles. The van der Waals surface area contributed by atoms with E-state index in [1.165, 1.54) is 19.2 Å². The summed E-state index contributed by atoms with van der Waals surface area (Å²) in [5.41, 5.74) is 7.30. The van der Waals surface area contributed by atoms with E-state index in [0.29, 0.717) is 22.1 Å². The summed E-state index contributed by atoms with van der Waals surface area (Å²) in [6.07, 6.45) is 0. The predicted octanol–water partition coefficient (Wildman–Crippen LogP) is 2.04. The van der Waals surface area contributed by atoms with Crippen molar-refractivity contribution in [1.82, 2.24) is 0 Å². The summed E-state index contributed by atoms with van der Waals surface area (Å²) in [6, 6.07) is 9.40. The highest BCUT2D eigenvalue weighted by atomic mass is 35.5. The molecule has 2 aromatic carbocycles. The number of rotatable bonds is 4. The Balaban J connectivity index is 2.35. The lowest BCUT2D eigenvalue weighted by Gasteiger charge is -2.14. The van der Waals surface area contributed by atoms with E-state index in [1.54, 1.807) is 24.3 Å². The Morgan fingerprint density at radius 1 is 1.25 bits per heavy atom. The molecule has 0 atom stereocenters. The van der Waals surface area contributed by atoms with Gasteiger partial charge in [-0.05, 0) is 35.9 Å². The third kappa shape index (κ3) is 2.95. The van der Waals surface area contributed by atoms with Crippen molar-refractivity contribution in [2.45, 2.75) is 0 Å². The van der Waals surface area contributed by atoms with E-state index in [1.807, 2.05) is 0 Å². The maximum atomic E-state index is 10.7. The first kappa shape index (κ1) is 14.0. The molecule has 104 valence electrons. The zero-order valence-corrected chi connectivity index (χ0v) is 11.4. The lowest BCUT2D eigenvalue weighted by atomic mass is 10.1. The van der Waals surface area contributed by atoms with Crippen molar-refractivity contribution in [1.29, 1.82) is 0 Å². The smallest absolute Gasteiger partial charge is 0.142 e. The molecule has 5 nitrogen and oxygen atoms in total. The second kappa shape index (κ2) is 5.71. The molecule has 0 radical (unpaired) electrons. The number of carbonyl (C=O) groups is 1. The van der Waals surface area contributed by atoms with Gasteiger partial charge < -0.3 is 25.7 Å². The Bertz CT molecular complexity index is 659. The lowest BCUT2D eigenvalue weighted by molar-refractivity contribution is -0.255. The van der Waals surface area contributed by atoms with Gasteiger partial charge in [-0.25, -0.2) is 0 Å². The fourth-order valence-corrected chi connectivity index (χ4v) is 1.90. The van der Waals surface area contributed by atoms with Gasteiger partial charge in [0.1, 0.15) is 5.75 Å². The van der Waals surface area contributed by atoms with Gasteiger partial charge in [0.15, 0.2) is 0 Å². The van der Waals surface area contributed by atoms with E-state index in [9.17, 15) is 9.90 Å². The van der Waals surface area contributed by atoms with E-state index >= 15 is 0 Å². The molecule has 2 rings (SSSR count). The van der Waals surface area contributed by atoms with E-state index < -0.39 is 5.97 Å². The number of carbonyl (C=O) groups excluding carboxylic acids is 1. The Morgan fingerprint density at radius 3 is 2.60 bits per heavy atom. The van der Waals surface area contributed by atoms with Gasteiger partial charge >= 0.3 is 0 Å².